The normalized spacial score (nSPS) is 15.2. The first kappa shape index (κ1) is 22.2. The van der Waals surface area contributed by atoms with Crippen molar-refractivity contribution >= 4 is 15.9 Å². The maximum Gasteiger partial charge on any atom is 0.253 e. The van der Waals surface area contributed by atoms with Crippen molar-refractivity contribution in [1.82, 2.24) is 14.5 Å². The number of nitrogens with one attached hydrogen (secondary N) is 1. The molecule has 1 fully saturated rings. The number of piperazine rings is 1. The van der Waals surface area contributed by atoms with Crippen LogP contribution in [0.3, 0.4) is 0 Å². The van der Waals surface area contributed by atoms with Crippen LogP contribution in [0.2, 0.25) is 0 Å². The quantitative estimate of drug-likeness (QED) is 0.721. The van der Waals surface area contributed by atoms with Crippen molar-refractivity contribution in [1.29, 1.82) is 0 Å². The molecular formula is C21H26FN3O4S. The average molecular weight is 436 g/mol. The summed E-state index contributed by atoms with van der Waals surface area (Å²) < 4.78 is 45.3. The van der Waals surface area contributed by atoms with Crippen LogP contribution in [0.15, 0.2) is 47.4 Å². The predicted octanol–water partition coefficient (Wildman–Crippen LogP) is 2.09. The van der Waals surface area contributed by atoms with Gasteiger partial charge in [0, 0.05) is 44.8 Å². The molecule has 0 atom stereocenters. The Morgan fingerprint density at radius 2 is 1.77 bits per heavy atom. The van der Waals surface area contributed by atoms with Gasteiger partial charge in [0.1, 0.15) is 0 Å². The van der Waals surface area contributed by atoms with Crippen LogP contribution in [0.4, 0.5) is 4.39 Å². The molecule has 2 aromatic rings. The highest BCUT2D eigenvalue weighted by Gasteiger charge is 2.23. The van der Waals surface area contributed by atoms with Gasteiger partial charge in [-0.3, -0.25) is 9.69 Å². The molecule has 0 bridgehead atoms. The summed E-state index contributed by atoms with van der Waals surface area (Å²) in [5.41, 5.74) is 1.31. The molecule has 9 heteroatoms. The number of benzene rings is 2. The van der Waals surface area contributed by atoms with Crippen molar-refractivity contribution in [3.05, 3.63) is 59.4 Å². The molecule has 1 amide bonds. The number of nitrogens with zero attached hydrogens (tertiary/aromatic N) is 2. The van der Waals surface area contributed by atoms with Crippen molar-refractivity contribution in [2.45, 2.75) is 18.4 Å². The van der Waals surface area contributed by atoms with E-state index in [2.05, 4.69) is 9.62 Å². The Balaban J connectivity index is 1.57. The van der Waals surface area contributed by atoms with Gasteiger partial charge < -0.3 is 9.64 Å². The molecule has 1 aliphatic heterocycles. The van der Waals surface area contributed by atoms with E-state index in [4.69, 9.17) is 4.74 Å². The molecule has 1 saturated heterocycles. The third-order valence-electron chi connectivity index (χ3n) is 5.03. The summed E-state index contributed by atoms with van der Waals surface area (Å²) in [5, 5.41) is 0. The number of carbonyl (C=O) groups is 1. The predicted molar refractivity (Wildman–Crippen MR) is 111 cm³/mol. The molecule has 1 heterocycles. The fraction of sp³-hybridized carbons (Fsp3) is 0.381. The van der Waals surface area contributed by atoms with E-state index in [-0.39, 0.29) is 22.4 Å². The van der Waals surface area contributed by atoms with Gasteiger partial charge in [-0.05, 0) is 42.0 Å². The molecule has 2 aromatic carbocycles. The number of carbonyl (C=O) groups excluding carboxylic acids is 1. The standard InChI is InChI=1S/C21H26FN3O4S/c1-3-23-30(27,28)18-7-5-17(6-8-18)21(26)25-12-10-24(11-13-25)15-16-4-9-20(29-2)19(22)14-16/h4-9,14,23H,3,10-13,15H2,1-2H3. The zero-order valence-electron chi connectivity index (χ0n) is 17.1. The zero-order valence-corrected chi connectivity index (χ0v) is 17.9. The Kier molecular flexibility index (Phi) is 7.06. The zero-order chi connectivity index (χ0) is 21.7. The average Bonchev–Trinajstić information content (AvgIpc) is 2.74. The lowest BCUT2D eigenvalue weighted by atomic mass is 10.1. The topological polar surface area (TPSA) is 79.0 Å². The van der Waals surface area contributed by atoms with Crippen LogP contribution >= 0.6 is 0 Å². The lowest BCUT2D eigenvalue weighted by molar-refractivity contribution is 0.0628. The van der Waals surface area contributed by atoms with Gasteiger partial charge in [-0.15, -0.1) is 0 Å². The summed E-state index contributed by atoms with van der Waals surface area (Å²) in [6.07, 6.45) is 0. The maximum absolute atomic E-state index is 13.9. The van der Waals surface area contributed by atoms with Gasteiger partial charge in [-0.25, -0.2) is 17.5 Å². The summed E-state index contributed by atoms with van der Waals surface area (Å²) in [6.45, 7) is 5.05. The van der Waals surface area contributed by atoms with Crippen molar-refractivity contribution in [2.24, 2.45) is 0 Å². The van der Waals surface area contributed by atoms with Crippen molar-refractivity contribution in [2.75, 3.05) is 39.8 Å². The molecule has 0 radical (unpaired) electrons. The van der Waals surface area contributed by atoms with Gasteiger partial charge in [-0.2, -0.15) is 0 Å². The third kappa shape index (κ3) is 5.16. The molecule has 0 unspecified atom stereocenters. The largest absolute Gasteiger partial charge is 0.494 e. The van der Waals surface area contributed by atoms with Gasteiger partial charge in [0.15, 0.2) is 11.6 Å². The summed E-state index contributed by atoms with van der Waals surface area (Å²) in [5.74, 6) is -0.292. The Bertz CT molecular complexity index is 988. The fourth-order valence-corrected chi connectivity index (χ4v) is 4.45. The van der Waals surface area contributed by atoms with Gasteiger partial charge in [0.2, 0.25) is 10.0 Å². The molecule has 30 heavy (non-hydrogen) atoms. The first-order valence-corrected chi connectivity index (χ1v) is 11.3. The highest BCUT2D eigenvalue weighted by Crippen LogP contribution is 2.19. The van der Waals surface area contributed by atoms with E-state index in [0.29, 0.717) is 44.8 Å². The van der Waals surface area contributed by atoms with Gasteiger partial charge >= 0.3 is 0 Å². The highest BCUT2D eigenvalue weighted by atomic mass is 32.2. The first-order valence-electron chi connectivity index (χ1n) is 9.78. The molecule has 1 aliphatic rings. The molecule has 162 valence electrons. The van der Waals surface area contributed by atoms with E-state index < -0.39 is 10.0 Å². The van der Waals surface area contributed by atoms with E-state index in [1.54, 1.807) is 30.0 Å². The van der Waals surface area contributed by atoms with Gasteiger partial charge in [0.05, 0.1) is 12.0 Å². The van der Waals surface area contributed by atoms with Crippen molar-refractivity contribution < 1.29 is 22.3 Å². The van der Waals surface area contributed by atoms with Gasteiger partial charge in [-0.1, -0.05) is 13.0 Å². The van der Waals surface area contributed by atoms with Crippen LogP contribution < -0.4 is 9.46 Å². The number of ether oxygens (including phenoxy) is 1. The van der Waals surface area contributed by atoms with Crippen LogP contribution in [0.5, 0.6) is 5.75 Å². The monoisotopic (exact) mass is 435 g/mol. The summed E-state index contributed by atoms with van der Waals surface area (Å²) in [7, 11) is -2.11. The Hall–Kier alpha value is -2.49. The Morgan fingerprint density at radius 3 is 2.33 bits per heavy atom. The van der Waals surface area contributed by atoms with Crippen molar-refractivity contribution in [3.8, 4) is 5.75 Å². The second-order valence-corrected chi connectivity index (χ2v) is 8.83. The third-order valence-corrected chi connectivity index (χ3v) is 6.59. The minimum atomic E-state index is -3.54. The molecule has 7 nitrogen and oxygen atoms in total. The lowest BCUT2D eigenvalue weighted by Crippen LogP contribution is -2.48. The minimum absolute atomic E-state index is 0.127. The van der Waals surface area contributed by atoms with Crippen LogP contribution in [-0.4, -0.2) is 64.0 Å². The number of hydrogen-bond donors (Lipinski definition) is 1. The number of sulfonamides is 1. The van der Waals surface area contributed by atoms with E-state index in [9.17, 15) is 17.6 Å². The molecular weight excluding hydrogens is 409 g/mol. The van der Waals surface area contributed by atoms with Crippen LogP contribution in [0, 0.1) is 5.82 Å². The number of halogens is 1. The molecule has 0 aromatic heterocycles. The second kappa shape index (κ2) is 9.55. The van der Waals surface area contributed by atoms with Crippen LogP contribution in [0.25, 0.3) is 0 Å². The van der Waals surface area contributed by atoms with Crippen LogP contribution in [0.1, 0.15) is 22.8 Å². The highest BCUT2D eigenvalue weighted by molar-refractivity contribution is 7.89. The smallest absolute Gasteiger partial charge is 0.253 e. The molecule has 0 saturated carbocycles. The Labute approximate surface area is 176 Å². The lowest BCUT2D eigenvalue weighted by Gasteiger charge is -2.34. The van der Waals surface area contributed by atoms with E-state index in [1.165, 1.54) is 25.3 Å². The molecule has 3 rings (SSSR count). The second-order valence-electron chi connectivity index (χ2n) is 7.06. The summed E-state index contributed by atoms with van der Waals surface area (Å²) in [6, 6.07) is 10.9. The fourth-order valence-electron chi connectivity index (χ4n) is 3.41. The minimum Gasteiger partial charge on any atom is -0.494 e. The Morgan fingerprint density at radius 1 is 1.10 bits per heavy atom. The summed E-state index contributed by atoms with van der Waals surface area (Å²) >= 11 is 0. The van der Waals surface area contributed by atoms with Gasteiger partial charge in [0.25, 0.3) is 5.91 Å². The van der Waals surface area contributed by atoms with E-state index >= 15 is 0 Å². The van der Waals surface area contributed by atoms with Crippen molar-refractivity contribution in [3.63, 3.8) is 0 Å². The van der Waals surface area contributed by atoms with E-state index in [1.807, 2.05) is 6.07 Å². The van der Waals surface area contributed by atoms with E-state index in [0.717, 1.165) is 5.56 Å². The van der Waals surface area contributed by atoms with Crippen LogP contribution in [-0.2, 0) is 16.6 Å². The number of methoxy groups -OCH3 is 1. The number of hydrogen-bond acceptors (Lipinski definition) is 5. The molecule has 1 N–H and O–H groups in total. The molecule has 0 aliphatic carbocycles. The number of amides is 1. The maximum atomic E-state index is 13.9. The first-order chi connectivity index (χ1) is 14.3. The molecule has 0 spiro atoms. The number of rotatable bonds is 7. The SMILES string of the molecule is CCNS(=O)(=O)c1ccc(C(=O)N2CCN(Cc3ccc(OC)c(F)c3)CC2)cc1. The summed E-state index contributed by atoms with van der Waals surface area (Å²) in [4.78, 5) is 16.8.